The molecule has 77 heavy (non-hydrogen) atoms. The number of nitrogens with zero attached hydrogens (tertiary/aromatic N) is 6. The lowest BCUT2D eigenvalue weighted by molar-refractivity contribution is 0.481. The van der Waals surface area contributed by atoms with E-state index in [0.717, 1.165) is 72.8 Å². The highest BCUT2D eigenvalue weighted by molar-refractivity contribution is 7.87. The van der Waals surface area contributed by atoms with Crippen molar-refractivity contribution in [1.82, 2.24) is 15.0 Å². The van der Waals surface area contributed by atoms with Crippen molar-refractivity contribution in [2.24, 2.45) is 20.5 Å². The van der Waals surface area contributed by atoms with Gasteiger partial charge in [0.05, 0.1) is 32.5 Å². The van der Waals surface area contributed by atoms with Crippen LogP contribution in [0.25, 0.3) is 43.1 Å². The third-order valence-electron chi connectivity index (χ3n) is 11.1. The molecular formula is C43H29N9O19S6. The highest BCUT2D eigenvalue weighted by atomic mass is 32.2. The SMILES string of the molecule is O=c1nc(Nc2ccc(N=Nc3cc(S(=O)(=O)O)c4cccc(S(=O)(=O)O)c4c3)c3ccc(S(=O)(=O)O)cc23)[nH]c(Nc2ccc(N=Nc3cc(S(=O)(=O)O)c4cccc(S(=O)(=O)O)c4c3)c3ccc(S(=O)(=O)O)cc23)n1. The van der Waals surface area contributed by atoms with E-state index in [2.05, 4.69) is 46.0 Å². The van der Waals surface area contributed by atoms with Crippen molar-refractivity contribution in [2.75, 3.05) is 10.6 Å². The lowest BCUT2D eigenvalue weighted by Crippen LogP contribution is -2.16. The van der Waals surface area contributed by atoms with Crippen molar-refractivity contribution in [3.05, 3.63) is 132 Å². The number of nitrogens with one attached hydrogen (secondary N) is 3. The maximum Gasteiger partial charge on any atom is 0.373 e. The zero-order valence-corrected chi connectivity index (χ0v) is 42.6. The maximum absolute atomic E-state index is 13.0. The molecule has 0 amide bonds. The van der Waals surface area contributed by atoms with E-state index in [1.54, 1.807) is 0 Å². The Hall–Kier alpha value is -8.13. The van der Waals surface area contributed by atoms with Crippen LogP contribution in [0.3, 0.4) is 0 Å². The number of rotatable bonds is 14. The Morgan fingerprint density at radius 1 is 0.364 bits per heavy atom. The zero-order valence-electron chi connectivity index (χ0n) is 37.7. The average molecular weight is 1170 g/mol. The highest BCUT2D eigenvalue weighted by Gasteiger charge is 2.24. The van der Waals surface area contributed by atoms with Crippen LogP contribution in [0.2, 0.25) is 0 Å². The quantitative estimate of drug-likeness (QED) is 0.0374. The number of hydrogen-bond acceptors (Lipinski definition) is 21. The molecule has 34 heteroatoms. The lowest BCUT2D eigenvalue weighted by Gasteiger charge is -2.14. The molecule has 9 aromatic rings. The number of fused-ring (bicyclic) bond motifs is 4. The van der Waals surface area contributed by atoms with E-state index in [9.17, 15) is 82.6 Å². The van der Waals surface area contributed by atoms with Gasteiger partial charge >= 0.3 is 5.69 Å². The van der Waals surface area contributed by atoms with Crippen molar-refractivity contribution in [3.8, 4) is 0 Å². The molecule has 0 spiro atoms. The Morgan fingerprint density at radius 2 is 0.740 bits per heavy atom. The molecule has 0 aliphatic heterocycles. The molecule has 396 valence electrons. The number of hydrogen-bond donors (Lipinski definition) is 9. The molecule has 1 aromatic heterocycles. The summed E-state index contributed by atoms with van der Waals surface area (Å²) in [6.45, 7) is 0. The Balaban J connectivity index is 1.10. The predicted octanol–water partition coefficient (Wildman–Crippen LogP) is 7.58. The Bertz CT molecular complexity index is 4600. The van der Waals surface area contributed by atoms with Crippen LogP contribution < -0.4 is 16.3 Å². The molecule has 9 rings (SSSR count). The molecule has 0 atom stereocenters. The average Bonchev–Trinajstić information content (AvgIpc) is 3.32. The molecule has 0 fully saturated rings. The largest absolute Gasteiger partial charge is 0.373 e. The Kier molecular flexibility index (Phi) is 13.4. The van der Waals surface area contributed by atoms with E-state index < -0.39 is 95.8 Å². The minimum atomic E-state index is -5.04. The summed E-state index contributed by atoms with van der Waals surface area (Å²) in [6.07, 6.45) is 0. The lowest BCUT2D eigenvalue weighted by atomic mass is 10.1. The molecule has 0 bridgehead atoms. The first-order valence-electron chi connectivity index (χ1n) is 20.8. The summed E-state index contributed by atoms with van der Waals surface area (Å²) in [7, 11) is -29.7. The standard InChI is InChI=1S/C43H29N9O19S6/c53-43-47-41(44-33-11-13-35(25-9-7-23(19-29(25)33)72(54,55)56)51-49-21-15-31-27(39(17-21)76(66,67)68)3-1-5-37(31)74(60,61)62)46-42(48-43)45-34-12-14-36(26-10-8-24(20-30(26)34)73(57,58)59)52-50-22-16-32-28(40(18-22)77(69,70)71)4-2-6-38(32)75(63,64)65/h1-20H,(H,54,55,56)(H,57,58,59)(H,60,61,62)(H,63,64,65)(H,66,67,68)(H,69,70,71)(H3,44,45,46,47,48,53). The van der Waals surface area contributed by atoms with E-state index in [1.165, 1.54) is 48.5 Å². The summed E-state index contributed by atoms with van der Waals surface area (Å²) in [6, 6.07) is 21.9. The monoisotopic (exact) mass is 1170 g/mol. The molecule has 0 saturated heterocycles. The fourth-order valence-corrected chi connectivity index (χ4v) is 11.8. The third kappa shape index (κ3) is 11.2. The van der Waals surface area contributed by atoms with Gasteiger partial charge in [0.2, 0.25) is 11.9 Å². The summed E-state index contributed by atoms with van der Waals surface area (Å²) in [4.78, 5) is 19.0. The first kappa shape index (κ1) is 53.7. The summed E-state index contributed by atoms with van der Waals surface area (Å²) in [5.41, 5.74) is -2.01. The molecule has 8 aromatic carbocycles. The van der Waals surface area contributed by atoms with Gasteiger partial charge in [-0.2, -0.15) is 70.7 Å². The van der Waals surface area contributed by atoms with Gasteiger partial charge in [0, 0.05) is 54.5 Å². The number of aromatic nitrogens is 3. The molecule has 9 N–H and O–H groups in total. The highest BCUT2D eigenvalue weighted by Crippen LogP contribution is 2.40. The maximum atomic E-state index is 13.0. The smallest absolute Gasteiger partial charge is 0.325 e. The topological polar surface area (TPSA) is 458 Å². The van der Waals surface area contributed by atoms with Gasteiger partial charge in [0.25, 0.3) is 60.7 Å². The first-order valence-corrected chi connectivity index (χ1v) is 29.4. The number of aromatic amines is 1. The fraction of sp³-hybridized carbons (Fsp3) is 0. The summed E-state index contributed by atoms with van der Waals surface area (Å²) >= 11 is 0. The van der Waals surface area contributed by atoms with E-state index >= 15 is 0 Å². The van der Waals surface area contributed by atoms with Crippen LogP contribution in [0.1, 0.15) is 0 Å². The first-order chi connectivity index (χ1) is 35.8. The Labute approximate surface area is 432 Å². The van der Waals surface area contributed by atoms with Crippen molar-refractivity contribution < 1.29 is 77.8 Å². The second kappa shape index (κ2) is 19.2. The molecule has 0 radical (unpaired) electrons. The van der Waals surface area contributed by atoms with E-state index in [1.807, 2.05) is 0 Å². The summed E-state index contributed by atoms with van der Waals surface area (Å²) in [5, 5.41) is 20.7. The van der Waals surface area contributed by atoms with Gasteiger partial charge in [-0.1, -0.05) is 36.4 Å². The number of H-pyrrole nitrogens is 1. The van der Waals surface area contributed by atoms with Crippen LogP contribution >= 0.6 is 0 Å². The van der Waals surface area contributed by atoms with Gasteiger partial charge in [-0.3, -0.25) is 32.3 Å². The molecule has 28 nitrogen and oxygen atoms in total. The third-order valence-corrected chi connectivity index (χ3v) is 16.5. The van der Waals surface area contributed by atoms with Crippen molar-refractivity contribution in [1.29, 1.82) is 0 Å². The molecule has 0 saturated carbocycles. The van der Waals surface area contributed by atoms with Gasteiger partial charge in [-0.25, -0.2) is 4.79 Å². The van der Waals surface area contributed by atoms with Crippen LogP contribution in [0.5, 0.6) is 0 Å². The predicted molar refractivity (Wildman–Crippen MR) is 272 cm³/mol. The van der Waals surface area contributed by atoms with Crippen molar-refractivity contribution in [3.63, 3.8) is 0 Å². The van der Waals surface area contributed by atoms with Crippen LogP contribution in [0.15, 0.2) is 176 Å². The van der Waals surface area contributed by atoms with Crippen LogP contribution in [0, 0.1) is 0 Å². The van der Waals surface area contributed by atoms with Gasteiger partial charge < -0.3 is 10.6 Å². The minimum Gasteiger partial charge on any atom is -0.325 e. The molecule has 0 aliphatic rings. The fourth-order valence-electron chi connectivity index (χ4n) is 7.93. The number of azo groups is 2. The zero-order chi connectivity index (χ0) is 55.8. The summed E-state index contributed by atoms with van der Waals surface area (Å²) < 4.78 is 207. The molecule has 1 heterocycles. The van der Waals surface area contributed by atoms with Crippen LogP contribution in [0.4, 0.5) is 46.0 Å². The molecule has 0 unspecified atom stereocenters. The van der Waals surface area contributed by atoms with Crippen molar-refractivity contribution >= 4 is 150 Å². The summed E-state index contributed by atoms with van der Waals surface area (Å²) in [5.74, 6) is -0.761. The van der Waals surface area contributed by atoms with E-state index in [-0.39, 0.29) is 89.1 Å². The van der Waals surface area contributed by atoms with E-state index in [4.69, 9.17) is 0 Å². The Morgan fingerprint density at radius 3 is 1.09 bits per heavy atom. The van der Waals surface area contributed by atoms with Crippen LogP contribution in [-0.4, -0.2) is 92.8 Å². The molecule has 0 aliphatic carbocycles. The van der Waals surface area contributed by atoms with Gasteiger partial charge in [0.1, 0.15) is 19.6 Å². The van der Waals surface area contributed by atoms with Gasteiger partial charge in [-0.15, -0.1) is 10.2 Å². The van der Waals surface area contributed by atoms with Crippen LogP contribution in [-0.2, 0) is 60.7 Å². The number of benzene rings is 8. The van der Waals surface area contributed by atoms with Gasteiger partial charge in [-0.05, 0) is 84.9 Å². The minimum absolute atomic E-state index is 0.0239. The second-order valence-electron chi connectivity index (χ2n) is 16.1. The van der Waals surface area contributed by atoms with Crippen molar-refractivity contribution in [2.45, 2.75) is 29.4 Å². The second-order valence-corrected chi connectivity index (χ2v) is 24.5. The molecular weight excluding hydrogens is 1140 g/mol. The van der Waals surface area contributed by atoms with Gasteiger partial charge in [0.15, 0.2) is 0 Å². The normalized spacial score (nSPS) is 13.1. The number of anilines is 4. The van der Waals surface area contributed by atoms with E-state index in [0.29, 0.717) is 0 Å².